The molecule has 0 spiro atoms. The lowest BCUT2D eigenvalue weighted by atomic mass is 10.1. The molecule has 0 aliphatic heterocycles. The predicted octanol–water partition coefficient (Wildman–Crippen LogP) is 5.28. The number of nitriles is 1. The van der Waals surface area contributed by atoms with E-state index in [0.29, 0.717) is 16.3 Å². The summed E-state index contributed by atoms with van der Waals surface area (Å²) in [6.45, 7) is 3.99. The van der Waals surface area contributed by atoms with Gasteiger partial charge < -0.3 is 0 Å². The number of hydrogen-bond acceptors (Lipinski definition) is 4. The van der Waals surface area contributed by atoms with E-state index in [1.165, 1.54) is 22.2 Å². The van der Waals surface area contributed by atoms with Gasteiger partial charge in [0.2, 0.25) is 0 Å². The zero-order valence-corrected chi connectivity index (χ0v) is 15.4. The van der Waals surface area contributed by atoms with E-state index in [2.05, 4.69) is 16.2 Å². The van der Waals surface area contributed by atoms with Gasteiger partial charge in [-0.1, -0.05) is 19.1 Å². The van der Waals surface area contributed by atoms with Crippen LogP contribution in [0.15, 0.2) is 36.5 Å². The maximum absolute atomic E-state index is 12.7. The normalized spacial score (nSPS) is 12.2. The van der Waals surface area contributed by atoms with Crippen molar-refractivity contribution in [2.75, 3.05) is 0 Å². The van der Waals surface area contributed by atoms with E-state index >= 15 is 0 Å². The third kappa shape index (κ3) is 4.09. The molecule has 0 atom stereocenters. The highest BCUT2D eigenvalue weighted by Gasteiger charge is 2.33. The number of benzene rings is 1. The number of hydrogen-bond donors (Lipinski definition) is 0. The number of halogens is 3. The summed E-state index contributed by atoms with van der Waals surface area (Å²) in [7, 11) is 0. The van der Waals surface area contributed by atoms with Gasteiger partial charge in [0.05, 0.1) is 17.0 Å². The lowest BCUT2D eigenvalue weighted by Crippen LogP contribution is -2.07. The van der Waals surface area contributed by atoms with Crippen LogP contribution in [0, 0.1) is 18.3 Å². The molecule has 3 rings (SSSR count). The van der Waals surface area contributed by atoms with Crippen LogP contribution in [-0.4, -0.2) is 14.8 Å². The van der Waals surface area contributed by atoms with Gasteiger partial charge in [0.1, 0.15) is 11.1 Å². The number of thiazole rings is 1. The van der Waals surface area contributed by atoms with Gasteiger partial charge in [-0.25, -0.2) is 9.67 Å². The average molecular weight is 388 g/mol. The Morgan fingerprint density at radius 3 is 2.48 bits per heavy atom. The molecule has 1 aromatic carbocycles. The zero-order valence-electron chi connectivity index (χ0n) is 14.6. The van der Waals surface area contributed by atoms with Crippen LogP contribution < -0.4 is 0 Å². The summed E-state index contributed by atoms with van der Waals surface area (Å²) in [5.41, 5.74) is 1.74. The second-order valence-corrected chi connectivity index (χ2v) is 6.98. The number of allylic oxidation sites excluding steroid dienone is 1. The summed E-state index contributed by atoms with van der Waals surface area (Å²) in [6.07, 6.45) is -0.691. The number of alkyl halides is 3. The minimum atomic E-state index is -4.47. The van der Waals surface area contributed by atoms with Crippen molar-refractivity contribution in [1.29, 1.82) is 5.26 Å². The number of aromatic nitrogens is 3. The van der Waals surface area contributed by atoms with Crippen molar-refractivity contribution in [2.24, 2.45) is 0 Å². The lowest BCUT2D eigenvalue weighted by Gasteiger charge is -2.04. The fraction of sp³-hybridized carbons (Fsp3) is 0.211. The topological polar surface area (TPSA) is 54.5 Å². The molecule has 2 heterocycles. The van der Waals surface area contributed by atoms with Crippen LogP contribution in [0.2, 0.25) is 0 Å². The fourth-order valence-corrected chi connectivity index (χ4v) is 3.49. The summed E-state index contributed by atoms with van der Waals surface area (Å²) >= 11 is 1.47. The van der Waals surface area contributed by atoms with Gasteiger partial charge in [0.25, 0.3) is 0 Å². The zero-order chi connectivity index (χ0) is 19.6. The van der Waals surface area contributed by atoms with E-state index in [-0.39, 0.29) is 0 Å². The van der Waals surface area contributed by atoms with Crippen LogP contribution in [0.4, 0.5) is 13.2 Å². The summed E-state index contributed by atoms with van der Waals surface area (Å²) < 4.78 is 39.1. The highest BCUT2D eigenvalue weighted by Crippen LogP contribution is 2.28. The van der Waals surface area contributed by atoms with Crippen molar-refractivity contribution in [3.63, 3.8) is 0 Å². The molecule has 0 saturated carbocycles. The molecule has 0 aliphatic rings. The third-order valence-electron chi connectivity index (χ3n) is 3.93. The van der Waals surface area contributed by atoms with Gasteiger partial charge in [0.15, 0.2) is 5.69 Å². The maximum Gasteiger partial charge on any atom is 0.435 e. The van der Waals surface area contributed by atoms with Crippen LogP contribution in [0.25, 0.3) is 17.3 Å². The summed E-state index contributed by atoms with van der Waals surface area (Å²) in [4.78, 5) is 5.58. The molecule has 0 fully saturated rings. The molecular formula is C19H15F3N4S. The maximum atomic E-state index is 12.7. The van der Waals surface area contributed by atoms with Crippen molar-refractivity contribution in [3.05, 3.63) is 63.4 Å². The molecule has 0 saturated heterocycles. The first-order chi connectivity index (χ1) is 12.8. The van der Waals surface area contributed by atoms with Gasteiger partial charge >= 0.3 is 6.18 Å². The van der Waals surface area contributed by atoms with Crippen LogP contribution in [0.1, 0.15) is 33.8 Å². The Balaban J connectivity index is 1.87. The Morgan fingerprint density at radius 1 is 1.26 bits per heavy atom. The molecule has 2 aromatic heterocycles. The second-order valence-electron chi connectivity index (χ2n) is 5.78. The lowest BCUT2D eigenvalue weighted by molar-refractivity contribution is -0.141. The van der Waals surface area contributed by atoms with Gasteiger partial charge in [-0.15, -0.1) is 11.3 Å². The molecular weight excluding hydrogens is 373 g/mol. The van der Waals surface area contributed by atoms with E-state index in [1.807, 2.05) is 13.8 Å². The molecule has 0 amide bonds. The van der Waals surface area contributed by atoms with Crippen LogP contribution in [-0.2, 0) is 12.6 Å². The fourth-order valence-electron chi connectivity index (χ4n) is 2.52. The highest BCUT2D eigenvalue weighted by molar-refractivity contribution is 7.12. The van der Waals surface area contributed by atoms with E-state index in [1.54, 1.807) is 30.3 Å². The van der Waals surface area contributed by atoms with Crippen molar-refractivity contribution < 1.29 is 13.2 Å². The highest BCUT2D eigenvalue weighted by atomic mass is 32.1. The van der Waals surface area contributed by atoms with Crippen molar-refractivity contribution >= 4 is 23.0 Å². The average Bonchev–Trinajstić information content (AvgIpc) is 3.27. The first kappa shape index (κ1) is 18.9. The van der Waals surface area contributed by atoms with E-state index in [0.717, 1.165) is 28.6 Å². The van der Waals surface area contributed by atoms with Crippen LogP contribution in [0.3, 0.4) is 0 Å². The Morgan fingerprint density at radius 2 is 1.96 bits per heavy atom. The molecule has 27 heavy (non-hydrogen) atoms. The van der Waals surface area contributed by atoms with Gasteiger partial charge in [-0.05, 0) is 43.2 Å². The molecule has 0 N–H and O–H groups in total. The summed E-state index contributed by atoms with van der Waals surface area (Å²) in [5, 5.41) is 13.7. The quantitative estimate of drug-likeness (QED) is 0.571. The standard InChI is InChI=1S/C19H15F3N4S/c1-3-16-12(2)27-18(24-16)14(11-23)10-13-4-6-15(7-5-13)26-9-8-17(25-26)19(20,21)22/h4-10H,3H2,1-2H3. The molecule has 0 aliphatic carbocycles. The SMILES string of the molecule is CCc1nc(C(C#N)=Cc2ccc(-n3ccc(C(F)(F)F)n3)cc2)sc1C. The van der Waals surface area contributed by atoms with E-state index in [9.17, 15) is 18.4 Å². The van der Waals surface area contributed by atoms with Crippen molar-refractivity contribution in [1.82, 2.24) is 14.8 Å². The molecule has 0 bridgehead atoms. The first-order valence-electron chi connectivity index (χ1n) is 8.13. The second kappa shape index (κ2) is 7.37. The molecule has 0 unspecified atom stereocenters. The Hall–Kier alpha value is -2.92. The Kier molecular flexibility index (Phi) is 5.15. The number of nitrogens with zero attached hydrogens (tertiary/aromatic N) is 4. The number of aryl methyl sites for hydroxylation is 2. The summed E-state index contributed by atoms with van der Waals surface area (Å²) in [6, 6.07) is 9.85. The van der Waals surface area contributed by atoms with E-state index in [4.69, 9.17) is 0 Å². The minimum Gasteiger partial charge on any atom is -0.240 e. The Bertz CT molecular complexity index is 1020. The summed E-state index contributed by atoms with van der Waals surface area (Å²) in [5.74, 6) is 0. The monoisotopic (exact) mass is 388 g/mol. The molecule has 3 aromatic rings. The van der Waals surface area contributed by atoms with Crippen molar-refractivity contribution in [3.8, 4) is 11.8 Å². The van der Waals surface area contributed by atoms with Gasteiger partial charge in [0, 0.05) is 11.1 Å². The predicted molar refractivity (Wildman–Crippen MR) is 98.3 cm³/mol. The van der Waals surface area contributed by atoms with E-state index < -0.39 is 11.9 Å². The first-order valence-corrected chi connectivity index (χ1v) is 8.95. The van der Waals surface area contributed by atoms with Crippen LogP contribution in [0.5, 0.6) is 0 Å². The van der Waals surface area contributed by atoms with Crippen LogP contribution >= 0.6 is 11.3 Å². The van der Waals surface area contributed by atoms with Gasteiger partial charge in [-0.3, -0.25) is 0 Å². The molecule has 8 heteroatoms. The molecule has 4 nitrogen and oxygen atoms in total. The largest absolute Gasteiger partial charge is 0.435 e. The van der Waals surface area contributed by atoms with Gasteiger partial charge in [-0.2, -0.15) is 23.5 Å². The third-order valence-corrected chi connectivity index (χ3v) is 4.97. The number of rotatable bonds is 4. The Labute approximate surface area is 158 Å². The smallest absolute Gasteiger partial charge is 0.240 e. The molecule has 0 radical (unpaired) electrons. The van der Waals surface area contributed by atoms with Crippen molar-refractivity contribution in [2.45, 2.75) is 26.4 Å². The minimum absolute atomic E-state index is 0.453. The molecule has 138 valence electrons.